The molecule has 2 bridgehead atoms. The normalized spacial score (nSPS) is 18.1. The number of fused-ring (bicyclic) bond motifs is 6. The van der Waals surface area contributed by atoms with Crippen LogP contribution in [0.3, 0.4) is 0 Å². The van der Waals surface area contributed by atoms with Gasteiger partial charge in [-0.25, -0.2) is 0 Å². The van der Waals surface area contributed by atoms with Crippen LogP contribution in [0.15, 0.2) is 116 Å². The van der Waals surface area contributed by atoms with Crippen LogP contribution in [-0.4, -0.2) is 23.2 Å². The fraction of sp³-hybridized carbons (Fsp3) is 0.277. The number of rotatable bonds is 6. The van der Waals surface area contributed by atoms with Gasteiger partial charge in [0.25, 0.3) is 0 Å². The van der Waals surface area contributed by atoms with E-state index in [9.17, 15) is 0 Å². The molecule has 0 spiro atoms. The molecule has 1 atom stereocenters. The molecule has 1 unspecified atom stereocenters. The first-order valence-electron chi connectivity index (χ1n) is 18.6. The first-order valence-corrected chi connectivity index (χ1v) is 26.8. The van der Waals surface area contributed by atoms with Gasteiger partial charge < -0.3 is 4.98 Å². The molecule has 1 radical (unpaired) electrons. The number of pyridine rings is 2. The summed E-state index contributed by atoms with van der Waals surface area (Å²) >= 11 is 0.0994. The molecule has 3 aromatic heterocycles. The van der Waals surface area contributed by atoms with E-state index in [4.69, 9.17) is 4.98 Å². The Morgan fingerprint density at radius 1 is 0.750 bits per heavy atom. The monoisotopic (exact) mass is 937 g/mol. The zero-order chi connectivity index (χ0) is 35.0. The van der Waals surface area contributed by atoms with Crippen molar-refractivity contribution in [2.24, 2.45) is 17.8 Å². The van der Waals surface area contributed by atoms with Crippen molar-refractivity contribution >= 4 is 49.2 Å². The first-order chi connectivity index (χ1) is 24.8. The molecule has 2 nitrogen and oxygen atoms in total. The molecule has 4 aromatic carbocycles. The van der Waals surface area contributed by atoms with Gasteiger partial charge in [0.1, 0.15) is 0 Å². The summed E-state index contributed by atoms with van der Waals surface area (Å²) in [7, 11) is 0. The summed E-state index contributed by atoms with van der Waals surface area (Å²) in [5.41, 5.74) is 9.67. The van der Waals surface area contributed by atoms with E-state index in [1.165, 1.54) is 85.3 Å². The van der Waals surface area contributed by atoms with Gasteiger partial charge in [-0.05, 0) is 82.5 Å². The van der Waals surface area contributed by atoms with E-state index >= 15 is 0 Å². The number of aryl methyl sites for hydroxylation is 1. The quantitative estimate of drug-likeness (QED) is 0.123. The second-order valence-corrected chi connectivity index (χ2v) is 27.3. The van der Waals surface area contributed by atoms with Crippen molar-refractivity contribution in [2.75, 3.05) is 0 Å². The zero-order valence-electron chi connectivity index (χ0n) is 30.6. The minimum Gasteiger partial charge on any atom is -0.305 e. The fourth-order valence-electron chi connectivity index (χ4n) is 8.59. The molecule has 52 heavy (non-hydrogen) atoms. The largest absolute Gasteiger partial charge is 0.305 e. The molecule has 3 aliphatic rings. The molecule has 0 amide bonds. The smallest absolute Gasteiger partial charge is 0.0245 e. The minimum absolute atomic E-state index is 0. The fourth-order valence-corrected chi connectivity index (χ4v) is 13.4. The number of benzene rings is 4. The van der Waals surface area contributed by atoms with Gasteiger partial charge in [-0.3, -0.25) is 0 Å². The third-order valence-corrected chi connectivity index (χ3v) is 16.9. The second-order valence-electron chi connectivity index (χ2n) is 15.7. The van der Waals surface area contributed by atoms with Crippen molar-refractivity contribution in [1.29, 1.82) is 0 Å². The third kappa shape index (κ3) is 7.92. The summed E-state index contributed by atoms with van der Waals surface area (Å²) in [6.07, 6.45) is 12.6. The van der Waals surface area contributed by atoms with E-state index < -0.39 is 13.3 Å². The summed E-state index contributed by atoms with van der Waals surface area (Å²) in [5, 5.41) is 2.63. The maximum Gasteiger partial charge on any atom is 0.0245 e. The van der Waals surface area contributed by atoms with Gasteiger partial charge in [0.15, 0.2) is 0 Å². The molecule has 3 saturated carbocycles. The van der Waals surface area contributed by atoms with Crippen LogP contribution in [0.5, 0.6) is 0 Å². The number of aromatic nitrogens is 2. The van der Waals surface area contributed by atoms with Gasteiger partial charge >= 0.3 is 106 Å². The Labute approximate surface area is 329 Å². The summed E-state index contributed by atoms with van der Waals surface area (Å²) in [6.45, 7) is 2.19. The molecule has 7 aromatic rings. The van der Waals surface area contributed by atoms with Crippen LogP contribution < -0.4 is 4.40 Å². The molecule has 0 aliphatic heterocycles. The van der Waals surface area contributed by atoms with Crippen LogP contribution in [0.4, 0.5) is 0 Å². The maximum atomic E-state index is 4.81. The molecular formula is C47H46GeIrN2S-2. The van der Waals surface area contributed by atoms with Gasteiger partial charge in [0.05, 0.1) is 0 Å². The molecule has 5 heteroatoms. The summed E-state index contributed by atoms with van der Waals surface area (Å²) in [4.78, 5) is 9.40. The van der Waals surface area contributed by atoms with Gasteiger partial charge in [0, 0.05) is 31.0 Å². The standard InChI is InChI=1S/C32H28NS.C15H18GeN.Ir/c1-2-5-23(6-3-1)25-13-14-27-28-7-4-8-29(32(28)34-31(27)20-25)30-19-22(15-16-33-30)18-26-17-21-9-11-24(26)12-10-21;1-12-10-15(13-8-6-5-7-9-13)17-11-14(12)16(2,3)4;/h1-7,13-16,19-21,24,26H,9-12,17-18H2;5-8,10-11H,1-4H3;/q2*-1;. The Bertz CT molecular complexity index is 2280. The number of nitrogens with zero attached hydrogens (tertiary/aromatic N) is 2. The van der Waals surface area contributed by atoms with Gasteiger partial charge in [-0.15, -0.1) is 23.8 Å². The predicted molar refractivity (Wildman–Crippen MR) is 220 cm³/mol. The molecule has 0 saturated heterocycles. The van der Waals surface area contributed by atoms with E-state index in [2.05, 4.69) is 132 Å². The van der Waals surface area contributed by atoms with Gasteiger partial charge in [-0.1, -0.05) is 72.3 Å². The summed E-state index contributed by atoms with van der Waals surface area (Å²) < 4.78 is 4.11. The molecule has 0 N–H and O–H groups in total. The minimum atomic E-state index is -1.77. The third-order valence-electron chi connectivity index (χ3n) is 11.2. The SMILES string of the molecule is Cc1cc(-c2[c-]cccc2)nc[c]1[Ge]([CH3])([CH3])[CH3].[Ir].[c-]1ccc2c(sc3cc(-c4ccccc4)ccc32)c1-c1cc(CC2CC3CCC2CC3)ccn1. The van der Waals surface area contributed by atoms with Crippen LogP contribution in [-0.2, 0) is 26.5 Å². The summed E-state index contributed by atoms with van der Waals surface area (Å²) in [6, 6.07) is 43.3. The molecule has 265 valence electrons. The molecule has 3 fully saturated rings. The number of hydrogen-bond donors (Lipinski definition) is 0. The predicted octanol–water partition coefficient (Wildman–Crippen LogP) is 12.4. The van der Waals surface area contributed by atoms with Crippen LogP contribution in [0, 0.1) is 36.8 Å². The van der Waals surface area contributed by atoms with E-state index in [1.54, 1.807) is 0 Å². The van der Waals surface area contributed by atoms with Crippen molar-refractivity contribution in [3.63, 3.8) is 0 Å². The molecule has 3 heterocycles. The van der Waals surface area contributed by atoms with Crippen LogP contribution >= 0.6 is 11.3 Å². The van der Waals surface area contributed by atoms with E-state index in [-0.39, 0.29) is 20.1 Å². The van der Waals surface area contributed by atoms with Gasteiger partial charge in [-0.2, -0.15) is 11.3 Å². The Morgan fingerprint density at radius 2 is 1.56 bits per heavy atom. The summed E-state index contributed by atoms with van der Waals surface area (Å²) in [5.74, 6) is 9.99. The Balaban J connectivity index is 0.000000198. The molecule has 10 rings (SSSR count). The Kier molecular flexibility index (Phi) is 11.3. The van der Waals surface area contributed by atoms with Crippen molar-refractivity contribution in [3.05, 3.63) is 139 Å². The average molecular weight is 936 g/mol. The average Bonchev–Trinajstić information content (AvgIpc) is 3.54. The maximum absolute atomic E-state index is 4.81. The van der Waals surface area contributed by atoms with E-state index in [0.717, 1.165) is 40.3 Å². The number of hydrogen-bond acceptors (Lipinski definition) is 3. The molecular weight excluding hydrogens is 889 g/mol. The second kappa shape index (κ2) is 15.9. The van der Waals surface area contributed by atoms with Crippen molar-refractivity contribution in [3.8, 4) is 33.6 Å². The van der Waals surface area contributed by atoms with Crippen molar-refractivity contribution in [1.82, 2.24) is 9.97 Å². The van der Waals surface area contributed by atoms with Crippen LogP contribution in [0.1, 0.15) is 43.2 Å². The van der Waals surface area contributed by atoms with Crippen LogP contribution in [0.25, 0.3) is 53.8 Å². The first kappa shape index (κ1) is 36.9. The van der Waals surface area contributed by atoms with Crippen molar-refractivity contribution in [2.45, 2.75) is 62.7 Å². The van der Waals surface area contributed by atoms with Crippen molar-refractivity contribution < 1.29 is 20.1 Å². The zero-order valence-corrected chi connectivity index (χ0v) is 35.9. The Hall–Kier alpha value is -3.41. The van der Waals surface area contributed by atoms with E-state index in [1.807, 2.05) is 35.7 Å². The van der Waals surface area contributed by atoms with Crippen LogP contribution in [0.2, 0.25) is 17.3 Å². The molecule has 3 aliphatic carbocycles. The topological polar surface area (TPSA) is 25.8 Å². The van der Waals surface area contributed by atoms with E-state index in [0.29, 0.717) is 0 Å². The van der Waals surface area contributed by atoms with Gasteiger partial charge in [0.2, 0.25) is 0 Å². The Morgan fingerprint density at radius 3 is 2.27 bits per heavy atom. The number of thiophene rings is 1.